The maximum atomic E-state index is 5.93. The lowest BCUT2D eigenvalue weighted by atomic mass is 10.2. The SMILES string of the molecule is CC[SiH](CC)OC(C)CCCN. The molecule has 74 valence electrons. The van der Waals surface area contributed by atoms with E-state index in [1.807, 2.05) is 0 Å². The van der Waals surface area contributed by atoms with Crippen molar-refractivity contribution < 1.29 is 4.43 Å². The lowest BCUT2D eigenvalue weighted by Crippen LogP contribution is -2.22. The van der Waals surface area contributed by atoms with E-state index in [9.17, 15) is 0 Å². The first-order valence-corrected chi connectivity index (χ1v) is 7.20. The molecule has 0 aliphatic heterocycles. The zero-order valence-electron chi connectivity index (χ0n) is 8.68. The van der Waals surface area contributed by atoms with Crippen molar-refractivity contribution in [2.75, 3.05) is 6.54 Å². The molecule has 0 bridgehead atoms. The molecule has 0 spiro atoms. The Morgan fingerprint density at radius 3 is 2.33 bits per heavy atom. The average Bonchev–Trinajstić information content (AvgIpc) is 2.10. The predicted molar refractivity (Wildman–Crippen MR) is 56.9 cm³/mol. The highest BCUT2D eigenvalue weighted by atomic mass is 28.3. The summed E-state index contributed by atoms with van der Waals surface area (Å²) in [7, 11) is -0.833. The molecule has 0 aliphatic carbocycles. The van der Waals surface area contributed by atoms with Gasteiger partial charge in [-0.25, -0.2) is 0 Å². The Bertz CT molecular complexity index is 96.5. The minimum Gasteiger partial charge on any atom is -0.417 e. The first-order chi connectivity index (χ1) is 5.74. The molecule has 0 fully saturated rings. The van der Waals surface area contributed by atoms with Gasteiger partial charge in [-0.15, -0.1) is 0 Å². The van der Waals surface area contributed by atoms with Crippen LogP contribution in [0.1, 0.15) is 33.6 Å². The van der Waals surface area contributed by atoms with Gasteiger partial charge in [0.05, 0.1) is 0 Å². The van der Waals surface area contributed by atoms with Crippen molar-refractivity contribution >= 4 is 9.04 Å². The van der Waals surface area contributed by atoms with Gasteiger partial charge in [0.15, 0.2) is 9.04 Å². The summed E-state index contributed by atoms with van der Waals surface area (Å²) in [5.74, 6) is 0. The van der Waals surface area contributed by atoms with Crippen LogP contribution in [0.4, 0.5) is 0 Å². The third-order valence-electron chi connectivity index (χ3n) is 2.15. The van der Waals surface area contributed by atoms with Gasteiger partial charge >= 0.3 is 0 Å². The molecular formula is C9H23NOSi. The standard InChI is InChI=1S/C9H23NOSi/c1-4-12(5-2)11-9(3)7-6-8-10/h9,12H,4-8,10H2,1-3H3. The molecule has 2 nitrogen and oxygen atoms in total. The van der Waals surface area contributed by atoms with Crippen molar-refractivity contribution in [1.29, 1.82) is 0 Å². The molecule has 0 aliphatic rings. The fourth-order valence-electron chi connectivity index (χ4n) is 1.28. The van der Waals surface area contributed by atoms with Crippen LogP contribution in [0.15, 0.2) is 0 Å². The highest BCUT2D eigenvalue weighted by molar-refractivity contribution is 6.51. The smallest absolute Gasteiger partial charge is 0.176 e. The van der Waals surface area contributed by atoms with Crippen molar-refractivity contribution in [3.05, 3.63) is 0 Å². The number of hydrogen-bond acceptors (Lipinski definition) is 2. The average molecular weight is 189 g/mol. The molecule has 0 rings (SSSR count). The van der Waals surface area contributed by atoms with Crippen LogP contribution in [-0.2, 0) is 4.43 Å². The molecule has 0 saturated heterocycles. The zero-order chi connectivity index (χ0) is 9.40. The van der Waals surface area contributed by atoms with Gasteiger partial charge < -0.3 is 10.2 Å². The Kier molecular flexibility index (Phi) is 7.86. The van der Waals surface area contributed by atoms with Gasteiger partial charge in [0.25, 0.3) is 0 Å². The Labute approximate surface area is 78.2 Å². The van der Waals surface area contributed by atoms with Crippen LogP contribution in [-0.4, -0.2) is 21.7 Å². The molecule has 0 aromatic rings. The Balaban J connectivity index is 3.44. The maximum absolute atomic E-state index is 5.93. The summed E-state index contributed by atoms with van der Waals surface area (Å²) in [5, 5.41) is 0. The summed E-state index contributed by atoms with van der Waals surface area (Å²) in [6.45, 7) is 7.42. The van der Waals surface area contributed by atoms with E-state index in [4.69, 9.17) is 10.2 Å². The molecule has 0 radical (unpaired) electrons. The van der Waals surface area contributed by atoms with E-state index in [1.54, 1.807) is 0 Å². The molecule has 0 heterocycles. The van der Waals surface area contributed by atoms with Gasteiger partial charge in [-0.1, -0.05) is 13.8 Å². The maximum Gasteiger partial charge on any atom is 0.176 e. The lowest BCUT2D eigenvalue weighted by molar-refractivity contribution is 0.208. The largest absolute Gasteiger partial charge is 0.417 e. The fourth-order valence-corrected chi connectivity index (χ4v) is 3.04. The van der Waals surface area contributed by atoms with Crippen molar-refractivity contribution in [2.24, 2.45) is 5.73 Å². The van der Waals surface area contributed by atoms with E-state index in [-0.39, 0.29) is 0 Å². The Morgan fingerprint density at radius 2 is 1.92 bits per heavy atom. The molecule has 0 amide bonds. The summed E-state index contributed by atoms with van der Waals surface area (Å²) >= 11 is 0. The molecule has 0 saturated carbocycles. The first-order valence-electron chi connectivity index (χ1n) is 5.10. The summed E-state index contributed by atoms with van der Waals surface area (Å²) in [4.78, 5) is 0. The van der Waals surface area contributed by atoms with E-state index < -0.39 is 9.04 Å². The van der Waals surface area contributed by atoms with Crippen LogP contribution >= 0.6 is 0 Å². The van der Waals surface area contributed by atoms with E-state index in [2.05, 4.69) is 20.8 Å². The molecule has 0 aromatic heterocycles. The second-order valence-corrected chi connectivity index (χ2v) is 6.47. The van der Waals surface area contributed by atoms with Crippen molar-refractivity contribution in [3.8, 4) is 0 Å². The Morgan fingerprint density at radius 1 is 1.33 bits per heavy atom. The first kappa shape index (κ1) is 12.1. The molecule has 0 aromatic carbocycles. The minimum atomic E-state index is -0.833. The molecular weight excluding hydrogens is 166 g/mol. The normalized spacial score (nSPS) is 13.8. The zero-order valence-corrected chi connectivity index (χ0v) is 9.83. The third kappa shape index (κ3) is 5.74. The van der Waals surface area contributed by atoms with Gasteiger partial charge in [-0.3, -0.25) is 0 Å². The summed E-state index contributed by atoms with van der Waals surface area (Å²) in [6, 6.07) is 2.51. The molecule has 3 heteroatoms. The minimum absolute atomic E-state index is 0.435. The van der Waals surface area contributed by atoms with Crippen molar-refractivity contribution in [3.63, 3.8) is 0 Å². The number of hydrogen-bond donors (Lipinski definition) is 1. The van der Waals surface area contributed by atoms with Crippen LogP contribution in [0.3, 0.4) is 0 Å². The summed E-state index contributed by atoms with van der Waals surface area (Å²) in [6.07, 6.45) is 2.65. The topological polar surface area (TPSA) is 35.2 Å². The Hall–Kier alpha value is 0.137. The van der Waals surface area contributed by atoms with E-state index in [0.717, 1.165) is 19.4 Å². The van der Waals surface area contributed by atoms with Crippen LogP contribution in [0.25, 0.3) is 0 Å². The van der Waals surface area contributed by atoms with E-state index >= 15 is 0 Å². The quantitative estimate of drug-likeness (QED) is 0.621. The monoisotopic (exact) mass is 189 g/mol. The third-order valence-corrected chi connectivity index (χ3v) is 4.82. The van der Waals surface area contributed by atoms with E-state index in [1.165, 1.54) is 12.1 Å². The van der Waals surface area contributed by atoms with Crippen LogP contribution in [0.2, 0.25) is 12.1 Å². The predicted octanol–water partition coefficient (Wildman–Crippen LogP) is 1.89. The summed E-state index contributed by atoms with van der Waals surface area (Å²) < 4.78 is 5.93. The van der Waals surface area contributed by atoms with Gasteiger partial charge in [0.2, 0.25) is 0 Å². The molecule has 2 N–H and O–H groups in total. The lowest BCUT2D eigenvalue weighted by Gasteiger charge is -2.18. The van der Waals surface area contributed by atoms with Crippen LogP contribution in [0.5, 0.6) is 0 Å². The molecule has 12 heavy (non-hydrogen) atoms. The second-order valence-electron chi connectivity index (χ2n) is 3.32. The molecule has 1 unspecified atom stereocenters. The van der Waals surface area contributed by atoms with Gasteiger partial charge in [-0.2, -0.15) is 0 Å². The van der Waals surface area contributed by atoms with Crippen molar-refractivity contribution in [2.45, 2.75) is 51.8 Å². The van der Waals surface area contributed by atoms with E-state index in [0.29, 0.717) is 6.10 Å². The number of nitrogens with two attached hydrogens (primary N) is 1. The second kappa shape index (κ2) is 7.77. The highest BCUT2D eigenvalue weighted by Crippen LogP contribution is 2.07. The fraction of sp³-hybridized carbons (Fsp3) is 1.00. The molecule has 1 atom stereocenters. The van der Waals surface area contributed by atoms with Crippen LogP contribution < -0.4 is 5.73 Å². The van der Waals surface area contributed by atoms with Crippen LogP contribution in [0, 0.1) is 0 Å². The highest BCUT2D eigenvalue weighted by Gasteiger charge is 2.10. The summed E-state index contributed by atoms with van der Waals surface area (Å²) in [5.41, 5.74) is 5.43. The van der Waals surface area contributed by atoms with Crippen molar-refractivity contribution in [1.82, 2.24) is 0 Å². The van der Waals surface area contributed by atoms with Gasteiger partial charge in [0.1, 0.15) is 0 Å². The van der Waals surface area contributed by atoms with Gasteiger partial charge in [-0.05, 0) is 38.4 Å². The van der Waals surface area contributed by atoms with Gasteiger partial charge in [0, 0.05) is 6.10 Å². The number of rotatable bonds is 7.